The van der Waals surface area contributed by atoms with Gasteiger partial charge in [0.2, 0.25) is 5.91 Å². The molecule has 1 amide bonds. The summed E-state index contributed by atoms with van der Waals surface area (Å²) in [5.74, 6) is 0.269. The van der Waals surface area contributed by atoms with Crippen molar-refractivity contribution < 1.29 is 13.2 Å². The molecule has 3 rings (SSSR count). The van der Waals surface area contributed by atoms with Crippen LogP contribution in [0.15, 0.2) is 47.4 Å². The molecule has 1 aliphatic rings. The standard InChI is InChI=1S/C20H24N2O3S/c1-4-20(23)22-12-11-15-13-16(9-10-19(15)22)26(24,25)21-18-8-6-5-7-17(18)14(2)3/h5-10,13-14,21H,4,11-12H2,1-3H3. The van der Waals surface area contributed by atoms with Crippen LogP contribution in [0.25, 0.3) is 0 Å². The highest BCUT2D eigenvalue weighted by Gasteiger charge is 2.26. The molecule has 0 unspecified atom stereocenters. The van der Waals surface area contributed by atoms with Gasteiger partial charge in [-0.3, -0.25) is 9.52 Å². The van der Waals surface area contributed by atoms with E-state index in [9.17, 15) is 13.2 Å². The molecule has 1 aliphatic heterocycles. The number of anilines is 2. The first-order valence-electron chi connectivity index (χ1n) is 8.88. The van der Waals surface area contributed by atoms with Gasteiger partial charge >= 0.3 is 0 Å². The third-order valence-corrected chi connectivity index (χ3v) is 6.05. The lowest BCUT2D eigenvalue weighted by Crippen LogP contribution is -2.27. The van der Waals surface area contributed by atoms with Crippen LogP contribution in [0.4, 0.5) is 11.4 Å². The Hall–Kier alpha value is -2.34. The van der Waals surface area contributed by atoms with E-state index in [1.807, 2.05) is 39.0 Å². The number of carbonyl (C=O) groups excluding carboxylic acids is 1. The van der Waals surface area contributed by atoms with Crippen LogP contribution in [0.3, 0.4) is 0 Å². The van der Waals surface area contributed by atoms with E-state index < -0.39 is 10.0 Å². The van der Waals surface area contributed by atoms with Crippen LogP contribution < -0.4 is 9.62 Å². The molecule has 0 saturated heterocycles. The van der Waals surface area contributed by atoms with Gasteiger partial charge in [-0.2, -0.15) is 0 Å². The molecule has 1 N–H and O–H groups in total. The number of fused-ring (bicyclic) bond motifs is 1. The fraction of sp³-hybridized carbons (Fsp3) is 0.350. The van der Waals surface area contributed by atoms with Gasteiger partial charge in [-0.1, -0.05) is 39.0 Å². The molecule has 0 aliphatic carbocycles. The zero-order valence-electron chi connectivity index (χ0n) is 15.3. The molecule has 0 atom stereocenters. The molecule has 0 radical (unpaired) electrons. The largest absolute Gasteiger partial charge is 0.312 e. The van der Waals surface area contributed by atoms with Gasteiger partial charge in [0.1, 0.15) is 0 Å². The average Bonchev–Trinajstić information content (AvgIpc) is 3.04. The molecule has 1 heterocycles. The normalized spacial score (nSPS) is 13.8. The Labute approximate surface area is 155 Å². The summed E-state index contributed by atoms with van der Waals surface area (Å²) in [7, 11) is -3.69. The molecule has 0 saturated carbocycles. The summed E-state index contributed by atoms with van der Waals surface area (Å²) in [6.45, 7) is 6.49. The zero-order chi connectivity index (χ0) is 18.9. The highest BCUT2D eigenvalue weighted by molar-refractivity contribution is 7.92. The van der Waals surface area contributed by atoms with Crippen molar-refractivity contribution in [2.45, 2.75) is 44.4 Å². The van der Waals surface area contributed by atoms with Crippen molar-refractivity contribution in [3.8, 4) is 0 Å². The maximum atomic E-state index is 12.9. The third kappa shape index (κ3) is 3.46. The molecular formula is C20H24N2O3S. The molecule has 138 valence electrons. The Bertz CT molecular complexity index is 936. The smallest absolute Gasteiger partial charge is 0.261 e. The van der Waals surface area contributed by atoms with E-state index in [4.69, 9.17) is 0 Å². The topological polar surface area (TPSA) is 66.5 Å². The van der Waals surface area contributed by atoms with Crippen LogP contribution in [0.2, 0.25) is 0 Å². The quantitative estimate of drug-likeness (QED) is 0.865. The SMILES string of the molecule is CCC(=O)N1CCc2cc(S(=O)(=O)Nc3ccccc3C(C)C)ccc21. The second kappa shape index (κ2) is 7.11. The van der Waals surface area contributed by atoms with Gasteiger partial charge < -0.3 is 4.90 Å². The van der Waals surface area contributed by atoms with E-state index in [0.29, 0.717) is 25.1 Å². The second-order valence-electron chi connectivity index (χ2n) is 6.79. The number of para-hydroxylation sites is 1. The third-order valence-electron chi connectivity index (χ3n) is 4.69. The molecule has 0 aromatic heterocycles. The predicted octanol–water partition coefficient (Wildman–Crippen LogP) is 3.91. The summed E-state index contributed by atoms with van der Waals surface area (Å²) in [6, 6.07) is 12.4. The highest BCUT2D eigenvalue weighted by Crippen LogP contribution is 2.32. The van der Waals surface area contributed by atoms with Gasteiger partial charge in [0, 0.05) is 18.7 Å². The lowest BCUT2D eigenvalue weighted by atomic mass is 10.0. The number of amides is 1. The summed E-state index contributed by atoms with van der Waals surface area (Å²) in [4.78, 5) is 13.9. The lowest BCUT2D eigenvalue weighted by molar-refractivity contribution is -0.118. The number of nitrogens with one attached hydrogen (secondary N) is 1. The fourth-order valence-corrected chi connectivity index (χ4v) is 4.43. The first-order valence-corrected chi connectivity index (χ1v) is 10.4. The minimum atomic E-state index is -3.69. The van der Waals surface area contributed by atoms with Crippen molar-refractivity contribution in [3.05, 3.63) is 53.6 Å². The average molecular weight is 372 g/mol. The van der Waals surface area contributed by atoms with Gasteiger partial charge in [-0.15, -0.1) is 0 Å². The predicted molar refractivity (Wildman–Crippen MR) is 104 cm³/mol. The minimum Gasteiger partial charge on any atom is -0.312 e. The van der Waals surface area contributed by atoms with Crippen LogP contribution in [-0.4, -0.2) is 20.9 Å². The molecule has 0 spiro atoms. The van der Waals surface area contributed by atoms with Crippen molar-refractivity contribution in [1.82, 2.24) is 0 Å². The molecule has 6 heteroatoms. The molecule has 2 aromatic carbocycles. The number of rotatable bonds is 5. The maximum absolute atomic E-state index is 12.9. The van der Waals surface area contributed by atoms with E-state index in [1.54, 1.807) is 29.2 Å². The molecule has 26 heavy (non-hydrogen) atoms. The Balaban J connectivity index is 1.91. The van der Waals surface area contributed by atoms with Gasteiger partial charge in [0.15, 0.2) is 0 Å². The first kappa shape index (κ1) is 18.5. The van der Waals surface area contributed by atoms with Crippen molar-refractivity contribution in [2.24, 2.45) is 0 Å². The second-order valence-corrected chi connectivity index (χ2v) is 8.47. The summed E-state index contributed by atoms with van der Waals surface area (Å²) < 4.78 is 28.4. The first-order chi connectivity index (χ1) is 12.3. The van der Waals surface area contributed by atoms with Crippen molar-refractivity contribution in [1.29, 1.82) is 0 Å². The fourth-order valence-electron chi connectivity index (χ4n) is 3.29. The minimum absolute atomic E-state index is 0.0587. The molecule has 0 fully saturated rings. The lowest BCUT2D eigenvalue weighted by Gasteiger charge is -2.17. The molecular weight excluding hydrogens is 348 g/mol. The highest BCUT2D eigenvalue weighted by atomic mass is 32.2. The van der Waals surface area contributed by atoms with Crippen molar-refractivity contribution in [3.63, 3.8) is 0 Å². The number of sulfonamides is 1. The van der Waals surface area contributed by atoms with Crippen LogP contribution in [0.5, 0.6) is 0 Å². The summed E-state index contributed by atoms with van der Waals surface area (Å²) in [5, 5.41) is 0. The number of nitrogens with zero attached hydrogens (tertiary/aromatic N) is 1. The van der Waals surface area contributed by atoms with E-state index in [0.717, 1.165) is 16.8 Å². The van der Waals surface area contributed by atoms with E-state index >= 15 is 0 Å². The van der Waals surface area contributed by atoms with E-state index in [2.05, 4.69) is 4.72 Å². The Morgan fingerprint density at radius 1 is 1.19 bits per heavy atom. The number of hydrogen-bond donors (Lipinski definition) is 1. The van der Waals surface area contributed by atoms with Crippen LogP contribution in [0.1, 0.15) is 44.2 Å². The van der Waals surface area contributed by atoms with Crippen LogP contribution >= 0.6 is 0 Å². The Morgan fingerprint density at radius 2 is 1.92 bits per heavy atom. The van der Waals surface area contributed by atoms with Gasteiger partial charge in [-0.05, 0) is 47.7 Å². The van der Waals surface area contributed by atoms with Crippen molar-refractivity contribution in [2.75, 3.05) is 16.2 Å². The monoisotopic (exact) mass is 372 g/mol. The van der Waals surface area contributed by atoms with Gasteiger partial charge in [0.25, 0.3) is 10.0 Å². The summed E-state index contributed by atoms with van der Waals surface area (Å²) in [6.07, 6.45) is 1.11. The summed E-state index contributed by atoms with van der Waals surface area (Å²) in [5.41, 5.74) is 3.27. The summed E-state index contributed by atoms with van der Waals surface area (Å²) >= 11 is 0. The van der Waals surface area contributed by atoms with Crippen molar-refractivity contribution >= 4 is 27.3 Å². The molecule has 0 bridgehead atoms. The number of benzene rings is 2. The van der Waals surface area contributed by atoms with E-state index in [1.165, 1.54) is 0 Å². The maximum Gasteiger partial charge on any atom is 0.261 e. The van der Waals surface area contributed by atoms with E-state index in [-0.39, 0.29) is 16.7 Å². The van der Waals surface area contributed by atoms with Gasteiger partial charge in [-0.25, -0.2) is 8.42 Å². The molecule has 2 aromatic rings. The van der Waals surface area contributed by atoms with Crippen LogP contribution in [-0.2, 0) is 21.2 Å². The number of hydrogen-bond acceptors (Lipinski definition) is 3. The van der Waals surface area contributed by atoms with Gasteiger partial charge in [0.05, 0.1) is 10.6 Å². The Morgan fingerprint density at radius 3 is 2.62 bits per heavy atom. The number of carbonyl (C=O) groups is 1. The van der Waals surface area contributed by atoms with Crippen LogP contribution in [0, 0.1) is 0 Å². The molecule has 5 nitrogen and oxygen atoms in total. The zero-order valence-corrected chi connectivity index (χ0v) is 16.1. The Kier molecular flexibility index (Phi) is 5.05.